The Labute approximate surface area is 180 Å². The first-order chi connectivity index (χ1) is 14.3. The molecule has 2 aromatic carbocycles. The average molecular weight is 427 g/mol. The lowest BCUT2D eigenvalue weighted by Crippen LogP contribution is -2.18. The molecule has 0 aliphatic carbocycles. The lowest BCUT2D eigenvalue weighted by Gasteiger charge is -2.17. The van der Waals surface area contributed by atoms with Gasteiger partial charge in [0.1, 0.15) is 17.4 Å². The van der Waals surface area contributed by atoms with Crippen molar-refractivity contribution in [1.29, 1.82) is 5.41 Å². The monoisotopic (exact) mass is 426 g/mol. The molecular formula is C22H23ClN4O3. The standard InChI is InChI=1S/C22H23ClN4O3/c1-13(22(28)30-4)11-20-26-25-14(2)27(20)19-10-9-17(29-3)12-18(19)21(24)15-5-7-16(23)8-6-15/h5-10,12-13,24H,11H2,1-4H3. The molecule has 30 heavy (non-hydrogen) atoms. The normalized spacial score (nSPS) is 11.8. The first kappa shape index (κ1) is 21.5. The summed E-state index contributed by atoms with van der Waals surface area (Å²) in [7, 11) is 2.95. The maximum absolute atomic E-state index is 11.9. The van der Waals surface area contributed by atoms with Crippen LogP contribution in [0.1, 0.15) is 29.7 Å². The van der Waals surface area contributed by atoms with Crippen LogP contribution in [0, 0.1) is 18.3 Å². The maximum atomic E-state index is 11.9. The van der Waals surface area contributed by atoms with Gasteiger partial charge in [-0.25, -0.2) is 0 Å². The number of esters is 1. The molecule has 8 heteroatoms. The largest absolute Gasteiger partial charge is 0.497 e. The van der Waals surface area contributed by atoms with Gasteiger partial charge in [0, 0.05) is 22.6 Å². The van der Waals surface area contributed by atoms with Crippen molar-refractivity contribution in [2.45, 2.75) is 20.3 Å². The summed E-state index contributed by atoms with van der Waals surface area (Å²) in [5, 5.41) is 17.9. The Morgan fingerprint density at radius 2 is 1.87 bits per heavy atom. The molecule has 1 N–H and O–H groups in total. The molecule has 0 bridgehead atoms. The summed E-state index contributed by atoms with van der Waals surface area (Å²) in [6.07, 6.45) is 0.354. The molecule has 3 aromatic rings. The van der Waals surface area contributed by atoms with Gasteiger partial charge in [0.2, 0.25) is 0 Å². The van der Waals surface area contributed by atoms with E-state index in [1.165, 1.54) is 7.11 Å². The van der Waals surface area contributed by atoms with Crippen molar-refractivity contribution in [3.05, 3.63) is 70.3 Å². The molecule has 0 saturated heterocycles. The smallest absolute Gasteiger partial charge is 0.308 e. The van der Waals surface area contributed by atoms with Gasteiger partial charge < -0.3 is 9.47 Å². The van der Waals surface area contributed by atoms with Gasteiger partial charge in [0.25, 0.3) is 0 Å². The summed E-state index contributed by atoms with van der Waals surface area (Å²) in [5.41, 5.74) is 2.39. The van der Waals surface area contributed by atoms with Gasteiger partial charge in [-0.15, -0.1) is 10.2 Å². The van der Waals surface area contributed by atoms with Crippen LogP contribution < -0.4 is 4.74 Å². The van der Waals surface area contributed by atoms with Gasteiger partial charge in [-0.2, -0.15) is 0 Å². The number of benzene rings is 2. The van der Waals surface area contributed by atoms with E-state index in [1.54, 1.807) is 44.4 Å². The highest BCUT2D eigenvalue weighted by atomic mass is 35.5. The van der Waals surface area contributed by atoms with E-state index in [1.807, 2.05) is 23.6 Å². The van der Waals surface area contributed by atoms with Gasteiger partial charge in [0.05, 0.1) is 31.5 Å². The Hall–Kier alpha value is -3.19. The topological polar surface area (TPSA) is 90.1 Å². The van der Waals surface area contributed by atoms with Crippen LogP contribution in [0.25, 0.3) is 5.69 Å². The Kier molecular flexibility index (Phi) is 6.52. The predicted molar refractivity (Wildman–Crippen MR) is 115 cm³/mol. The average Bonchev–Trinajstić information content (AvgIpc) is 3.12. The zero-order valence-corrected chi connectivity index (χ0v) is 18.0. The molecule has 0 radical (unpaired) electrons. The van der Waals surface area contributed by atoms with E-state index in [2.05, 4.69) is 10.2 Å². The van der Waals surface area contributed by atoms with E-state index in [0.717, 1.165) is 5.69 Å². The third-order valence-corrected chi connectivity index (χ3v) is 5.08. The van der Waals surface area contributed by atoms with Crippen molar-refractivity contribution in [3.63, 3.8) is 0 Å². The minimum Gasteiger partial charge on any atom is -0.497 e. The van der Waals surface area contributed by atoms with Crippen molar-refractivity contribution >= 4 is 23.3 Å². The zero-order valence-electron chi connectivity index (χ0n) is 17.3. The second-order valence-electron chi connectivity index (χ2n) is 6.89. The van der Waals surface area contributed by atoms with E-state index in [-0.39, 0.29) is 11.9 Å². The number of methoxy groups -OCH3 is 2. The number of ether oxygens (including phenoxy) is 2. The van der Waals surface area contributed by atoms with Gasteiger partial charge in [-0.05, 0) is 37.3 Å². The number of hydrogen-bond acceptors (Lipinski definition) is 6. The van der Waals surface area contributed by atoms with Crippen LogP contribution in [0.15, 0.2) is 42.5 Å². The van der Waals surface area contributed by atoms with Crippen molar-refractivity contribution in [3.8, 4) is 11.4 Å². The van der Waals surface area contributed by atoms with Crippen molar-refractivity contribution in [2.75, 3.05) is 14.2 Å². The number of halogens is 1. The number of nitrogens with zero attached hydrogens (tertiary/aromatic N) is 3. The molecule has 3 rings (SSSR count). The van der Waals surface area contributed by atoms with E-state index in [0.29, 0.717) is 45.7 Å². The molecule has 1 unspecified atom stereocenters. The molecule has 7 nitrogen and oxygen atoms in total. The quantitative estimate of drug-likeness (QED) is 0.455. The van der Waals surface area contributed by atoms with Crippen LogP contribution in [-0.4, -0.2) is 40.7 Å². The number of rotatable bonds is 7. The zero-order chi connectivity index (χ0) is 21.8. The molecule has 0 aliphatic rings. The molecule has 1 heterocycles. The van der Waals surface area contributed by atoms with Crippen molar-refractivity contribution in [2.24, 2.45) is 5.92 Å². The molecule has 0 spiro atoms. The van der Waals surface area contributed by atoms with Gasteiger partial charge in [-0.1, -0.05) is 30.7 Å². The molecule has 0 saturated carbocycles. The van der Waals surface area contributed by atoms with Crippen LogP contribution in [0.3, 0.4) is 0 Å². The maximum Gasteiger partial charge on any atom is 0.308 e. The van der Waals surface area contributed by atoms with E-state index in [4.69, 9.17) is 26.5 Å². The van der Waals surface area contributed by atoms with Gasteiger partial charge in [0.15, 0.2) is 0 Å². The predicted octanol–water partition coefficient (Wildman–Crippen LogP) is 4.01. The Balaban J connectivity index is 2.11. The number of nitrogens with one attached hydrogen (secondary N) is 1. The number of aromatic nitrogens is 3. The lowest BCUT2D eigenvalue weighted by molar-refractivity contribution is -0.144. The number of hydrogen-bond donors (Lipinski definition) is 1. The third kappa shape index (κ3) is 4.36. The van der Waals surface area contributed by atoms with Crippen molar-refractivity contribution < 1.29 is 14.3 Å². The minimum absolute atomic E-state index is 0.306. The lowest BCUT2D eigenvalue weighted by atomic mass is 9.99. The SMILES string of the molecule is COC(=O)C(C)Cc1nnc(C)n1-c1ccc(OC)cc1C(=N)c1ccc(Cl)cc1. The third-order valence-electron chi connectivity index (χ3n) is 4.83. The first-order valence-corrected chi connectivity index (χ1v) is 9.75. The number of carbonyl (C=O) groups excluding carboxylic acids is 1. The minimum atomic E-state index is -0.380. The van der Waals surface area contributed by atoms with Crippen LogP contribution in [-0.2, 0) is 16.0 Å². The van der Waals surface area contributed by atoms with Gasteiger partial charge in [-0.3, -0.25) is 14.8 Å². The molecule has 0 aliphatic heterocycles. The number of carbonyl (C=O) groups is 1. The second-order valence-corrected chi connectivity index (χ2v) is 7.33. The Bertz CT molecular complexity index is 1080. The summed E-state index contributed by atoms with van der Waals surface area (Å²) in [6, 6.07) is 12.6. The fourth-order valence-electron chi connectivity index (χ4n) is 3.22. The Morgan fingerprint density at radius 3 is 2.50 bits per heavy atom. The van der Waals surface area contributed by atoms with Crippen LogP contribution in [0.4, 0.5) is 0 Å². The highest BCUT2D eigenvalue weighted by Crippen LogP contribution is 2.27. The highest BCUT2D eigenvalue weighted by molar-refractivity contribution is 6.30. The van der Waals surface area contributed by atoms with Crippen LogP contribution in [0.2, 0.25) is 5.02 Å². The van der Waals surface area contributed by atoms with Gasteiger partial charge >= 0.3 is 5.97 Å². The molecule has 156 valence electrons. The molecule has 0 amide bonds. The van der Waals surface area contributed by atoms with Crippen LogP contribution in [0.5, 0.6) is 5.75 Å². The molecular weight excluding hydrogens is 404 g/mol. The molecule has 1 atom stereocenters. The summed E-state index contributed by atoms with van der Waals surface area (Å²) in [4.78, 5) is 11.9. The molecule has 1 aromatic heterocycles. The van der Waals surface area contributed by atoms with Crippen LogP contribution >= 0.6 is 11.6 Å². The Morgan fingerprint density at radius 1 is 1.17 bits per heavy atom. The van der Waals surface area contributed by atoms with Crippen molar-refractivity contribution in [1.82, 2.24) is 14.8 Å². The number of aryl methyl sites for hydroxylation is 1. The summed E-state index contributed by atoms with van der Waals surface area (Å²) in [6.45, 7) is 3.62. The molecule has 0 fully saturated rings. The van der Waals surface area contributed by atoms with E-state index < -0.39 is 0 Å². The first-order valence-electron chi connectivity index (χ1n) is 9.37. The highest BCUT2D eigenvalue weighted by Gasteiger charge is 2.22. The second kappa shape index (κ2) is 9.09. The fraction of sp³-hybridized carbons (Fsp3) is 0.273. The summed E-state index contributed by atoms with van der Waals surface area (Å²) >= 11 is 6.00. The summed E-state index contributed by atoms with van der Waals surface area (Å²) in [5.74, 6) is 1.20. The fourth-order valence-corrected chi connectivity index (χ4v) is 3.35. The summed E-state index contributed by atoms with van der Waals surface area (Å²) < 4.78 is 12.1. The van der Waals surface area contributed by atoms with E-state index in [9.17, 15) is 4.79 Å². The van der Waals surface area contributed by atoms with E-state index >= 15 is 0 Å².